The largest absolute Gasteiger partial charge is 0.465 e. The molecule has 0 amide bonds. The molecule has 0 aliphatic heterocycles. The standard InChI is InChI=1S/C15H15ClO4/c1-15(2)8-11(18)12(13(19)14(15)16)10(17)6-5-9-4-3-7-20-9/h3-7,12,14H,8H2,1-2H3/b6-5+/t12-,14+/m1/s1. The van der Waals surface area contributed by atoms with Crippen LogP contribution >= 0.6 is 11.6 Å². The minimum atomic E-state index is -1.28. The summed E-state index contributed by atoms with van der Waals surface area (Å²) in [5.41, 5.74) is -0.614. The van der Waals surface area contributed by atoms with Crippen molar-refractivity contribution < 1.29 is 18.8 Å². The predicted octanol–water partition coefficient (Wildman–Crippen LogP) is 2.65. The minimum absolute atomic E-state index is 0.123. The van der Waals surface area contributed by atoms with E-state index in [2.05, 4.69) is 0 Å². The van der Waals surface area contributed by atoms with E-state index in [0.29, 0.717) is 5.76 Å². The molecule has 0 radical (unpaired) electrons. The number of Topliss-reactive ketones (excluding diaryl/α,β-unsaturated/α-hetero) is 2. The van der Waals surface area contributed by atoms with Crippen LogP contribution in [0.1, 0.15) is 26.0 Å². The Labute approximate surface area is 121 Å². The summed E-state index contributed by atoms with van der Waals surface area (Å²) >= 11 is 6.07. The maximum atomic E-state index is 12.1. The molecule has 2 atom stereocenters. The van der Waals surface area contributed by atoms with Gasteiger partial charge in [0.05, 0.1) is 11.6 Å². The molecule has 1 aromatic heterocycles. The Balaban J connectivity index is 2.17. The minimum Gasteiger partial charge on any atom is -0.465 e. The van der Waals surface area contributed by atoms with E-state index in [1.807, 2.05) is 0 Å². The molecular weight excluding hydrogens is 280 g/mol. The highest BCUT2D eigenvalue weighted by Gasteiger charge is 2.48. The maximum absolute atomic E-state index is 12.1. The summed E-state index contributed by atoms with van der Waals surface area (Å²) in [5, 5.41) is -0.828. The van der Waals surface area contributed by atoms with E-state index in [1.165, 1.54) is 18.4 Å². The zero-order valence-corrected chi connectivity index (χ0v) is 12.0. The average Bonchev–Trinajstić information content (AvgIpc) is 2.86. The van der Waals surface area contributed by atoms with E-state index in [0.717, 1.165) is 0 Å². The Hall–Kier alpha value is -1.68. The van der Waals surface area contributed by atoms with Gasteiger partial charge < -0.3 is 4.42 Å². The molecule has 0 aromatic carbocycles. The lowest BCUT2D eigenvalue weighted by Crippen LogP contribution is -2.49. The number of halogens is 1. The van der Waals surface area contributed by atoms with Crippen molar-refractivity contribution >= 4 is 35.0 Å². The van der Waals surface area contributed by atoms with Crippen molar-refractivity contribution in [2.45, 2.75) is 25.6 Å². The van der Waals surface area contributed by atoms with E-state index in [1.54, 1.807) is 26.0 Å². The van der Waals surface area contributed by atoms with Crippen LogP contribution in [-0.2, 0) is 14.4 Å². The number of carbonyl (C=O) groups is 3. The summed E-state index contributed by atoms with van der Waals surface area (Å²) in [5.74, 6) is -2.22. The number of allylic oxidation sites excluding steroid dienone is 1. The van der Waals surface area contributed by atoms with Gasteiger partial charge in [-0.3, -0.25) is 14.4 Å². The second-order valence-corrected chi connectivity index (χ2v) is 6.02. The molecule has 1 aromatic rings. The molecule has 4 nitrogen and oxygen atoms in total. The molecule has 1 aliphatic rings. The van der Waals surface area contributed by atoms with Gasteiger partial charge in [-0.25, -0.2) is 0 Å². The van der Waals surface area contributed by atoms with Crippen LogP contribution < -0.4 is 0 Å². The second kappa shape index (κ2) is 5.37. The van der Waals surface area contributed by atoms with Crippen LogP contribution in [-0.4, -0.2) is 22.7 Å². The Morgan fingerprint density at radius 3 is 2.75 bits per heavy atom. The van der Waals surface area contributed by atoms with Crippen molar-refractivity contribution in [3.63, 3.8) is 0 Å². The van der Waals surface area contributed by atoms with Gasteiger partial charge in [0, 0.05) is 6.42 Å². The van der Waals surface area contributed by atoms with Crippen molar-refractivity contribution in [3.05, 3.63) is 30.2 Å². The van der Waals surface area contributed by atoms with Gasteiger partial charge in [0.2, 0.25) is 0 Å². The second-order valence-electron chi connectivity index (χ2n) is 5.58. The molecule has 0 unspecified atom stereocenters. The lowest BCUT2D eigenvalue weighted by molar-refractivity contribution is -0.143. The predicted molar refractivity (Wildman–Crippen MR) is 74.3 cm³/mol. The zero-order valence-electron chi connectivity index (χ0n) is 11.3. The number of ketones is 3. The number of rotatable bonds is 3. The van der Waals surface area contributed by atoms with E-state index < -0.39 is 28.3 Å². The smallest absolute Gasteiger partial charge is 0.173 e. The van der Waals surface area contributed by atoms with Crippen LogP contribution in [0.25, 0.3) is 6.08 Å². The van der Waals surface area contributed by atoms with Gasteiger partial charge in [0.15, 0.2) is 17.3 Å². The molecule has 1 saturated carbocycles. The summed E-state index contributed by atoms with van der Waals surface area (Å²) < 4.78 is 5.04. The fourth-order valence-corrected chi connectivity index (χ4v) is 2.48. The monoisotopic (exact) mass is 294 g/mol. The highest BCUT2D eigenvalue weighted by Crippen LogP contribution is 2.38. The van der Waals surface area contributed by atoms with E-state index in [4.69, 9.17) is 16.0 Å². The van der Waals surface area contributed by atoms with E-state index in [-0.39, 0.29) is 12.2 Å². The third-order valence-electron chi connectivity index (χ3n) is 3.41. The van der Waals surface area contributed by atoms with Crippen LogP contribution in [0.5, 0.6) is 0 Å². The summed E-state index contributed by atoms with van der Waals surface area (Å²) in [6.07, 6.45) is 4.23. The molecule has 0 spiro atoms. The molecule has 0 saturated heterocycles. The topological polar surface area (TPSA) is 64.3 Å². The molecule has 5 heteroatoms. The Morgan fingerprint density at radius 2 is 2.15 bits per heavy atom. The first kappa shape index (κ1) is 14.7. The van der Waals surface area contributed by atoms with Gasteiger partial charge in [-0.05, 0) is 29.7 Å². The summed E-state index contributed by atoms with van der Waals surface area (Å²) in [6, 6.07) is 3.35. The summed E-state index contributed by atoms with van der Waals surface area (Å²) in [6.45, 7) is 3.50. The van der Waals surface area contributed by atoms with Gasteiger partial charge in [-0.15, -0.1) is 11.6 Å². The molecule has 1 fully saturated rings. The molecule has 2 rings (SSSR count). The van der Waals surface area contributed by atoms with Crippen LogP contribution in [0, 0.1) is 11.3 Å². The number of hydrogen-bond acceptors (Lipinski definition) is 4. The highest BCUT2D eigenvalue weighted by molar-refractivity contribution is 6.39. The van der Waals surface area contributed by atoms with Gasteiger partial charge in [0.1, 0.15) is 11.7 Å². The first-order valence-corrected chi connectivity index (χ1v) is 6.72. The molecule has 20 heavy (non-hydrogen) atoms. The van der Waals surface area contributed by atoms with Crippen molar-refractivity contribution in [3.8, 4) is 0 Å². The summed E-state index contributed by atoms with van der Waals surface area (Å²) in [7, 11) is 0. The number of hydrogen-bond donors (Lipinski definition) is 0. The molecular formula is C15H15ClO4. The van der Waals surface area contributed by atoms with Crippen LogP contribution in [0.3, 0.4) is 0 Å². The fourth-order valence-electron chi connectivity index (χ4n) is 2.28. The molecule has 0 bridgehead atoms. The third-order valence-corrected chi connectivity index (χ3v) is 4.22. The summed E-state index contributed by atoms with van der Waals surface area (Å²) in [4.78, 5) is 36.2. The Kier molecular flexibility index (Phi) is 3.95. The van der Waals surface area contributed by atoms with Gasteiger partial charge >= 0.3 is 0 Å². The van der Waals surface area contributed by atoms with Crippen LogP contribution in [0.2, 0.25) is 0 Å². The maximum Gasteiger partial charge on any atom is 0.173 e. The van der Waals surface area contributed by atoms with Crippen LogP contribution in [0.4, 0.5) is 0 Å². The highest BCUT2D eigenvalue weighted by atomic mass is 35.5. The number of carbonyl (C=O) groups excluding carboxylic acids is 3. The van der Waals surface area contributed by atoms with Crippen molar-refractivity contribution in [2.24, 2.45) is 11.3 Å². The zero-order chi connectivity index (χ0) is 14.9. The van der Waals surface area contributed by atoms with Crippen molar-refractivity contribution in [2.75, 3.05) is 0 Å². The Morgan fingerprint density at radius 1 is 1.45 bits per heavy atom. The normalized spacial score (nSPS) is 26.1. The molecule has 0 N–H and O–H groups in total. The first-order valence-electron chi connectivity index (χ1n) is 6.29. The van der Waals surface area contributed by atoms with Crippen LogP contribution in [0.15, 0.2) is 28.9 Å². The van der Waals surface area contributed by atoms with Crippen molar-refractivity contribution in [1.82, 2.24) is 0 Å². The van der Waals surface area contributed by atoms with Gasteiger partial charge in [-0.2, -0.15) is 0 Å². The quantitative estimate of drug-likeness (QED) is 0.488. The number of furan rings is 1. The first-order chi connectivity index (χ1) is 9.33. The average molecular weight is 295 g/mol. The molecule has 106 valence electrons. The lowest BCUT2D eigenvalue weighted by atomic mass is 9.70. The van der Waals surface area contributed by atoms with Gasteiger partial charge in [-0.1, -0.05) is 13.8 Å². The molecule has 1 heterocycles. The van der Waals surface area contributed by atoms with Crippen molar-refractivity contribution in [1.29, 1.82) is 0 Å². The number of alkyl halides is 1. The lowest BCUT2D eigenvalue weighted by Gasteiger charge is -2.35. The fraction of sp³-hybridized carbons (Fsp3) is 0.400. The van der Waals surface area contributed by atoms with E-state index >= 15 is 0 Å². The van der Waals surface area contributed by atoms with E-state index in [9.17, 15) is 14.4 Å². The molecule has 1 aliphatic carbocycles. The SMILES string of the molecule is CC1(C)CC(=O)[C@@H](C(=O)/C=C/c2ccco2)C(=O)[C@@H]1Cl. The third kappa shape index (κ3) is 2.75. The van der Waals surface area contributed by atoms with Gasteiger partial charge in [0.25, 0.3) is 0 Å². The Bertz CT molecular complexity index is 569.